The number of ether oxygens (including phenoxy) is 1. The van der Waals surface area contributed by atoms with E-state index in [2.05, 4.69) is 4.98 Å². The highest BCUT2D eigenvalue weighted by atomic mass is 16.5. The summed E-state index contributed by atoms with van der Waals surface area (Å²) in [5.41, 5.74) is 2.36. The summed E-state index contributed by atoms with van der Waals surface area (Å²) in [4.78, 5) is 38.7. The minimum Gasteiger partial charge on any atom is -0.464 e. The molecule has 4 aromatic rings. The number of nitrogens with one attached hydrogen (secondary N) is 1. The molecule has 0 aliphatic carbocycles. The zero-order chi connectivity index (χ0) is 18.8. The van der Waals surface area contributed by atoms with Gasteiger partial charge in [-0.05, 0) is 30.7 Å². The maximum Gasteiger partial charge on any atom is 0.420 e. The van der Waals surface area contributed by atoms with Crippen LogP contribution in [0, 0.1) is 0 Å². The highest BCUT2D eigenvalue weighted by Gasteiger charge is 2.13. The van der Waals surface area contributed by atoms with E-state index in [9.17, 15) is 14.4 Å². The summed E-state index contributed by atoms with van der Waals surface area (Å²) in [6.45, 7) is 0.350. The second-order valence-corrected chi connectivity index (χ2v) is 6.09. The van der Waals surface area contributed by atoms with Crippen molar-refractivity contribution in [3.63, 3.8) is 0 Å². The average Bonchev–Trinajstić information content (AvgIpc) is 3.15. The Morgan fingerprint density at radius 2 is 1.74 bits per heavy atom. The lowest BCUT2D eigenvalue weighted by Crippen LogP contribution is -2.22. The third kappa shape index (κ3) is 3.29. The molecule has 0 aliphatic heterocycles. The van der Waals surface area contributed by atoms with Gasteiger partial charge in [0, 0.05) is 6.54 Å². The molecule has 0 bridgehead atoms. The van der Waals surface area contributed by atoms with E-state index in [0.717, 1.165) is 11.0 Å². The molecule has 0 saturated heterocycles. The molecule has 0 radical (unpaired) electrons. The molecule has 0 atom stereocenters. The second kappa shape index (κ2) is 6.99. The number of oxazole rings is 1. The number of benzene rings is 2. The molecule has 27 heavy (non-hydrogen) atoms. The first-order chi connectivity index (χ1) is 13.1. The van der Waals surface area contributed by atoms with E-state index in [1.165, 1.54) is 4.57 Å². The summed E-state index contributed by atoms with van der Waals surface area (Å²) in [6.07, 6.45) is 0.481. The van der Waals surface area contributed by atoms with Crippen LogP contribution in [0.3, 0.4) is 0 Å². The summed E-state index contributed by atoms with van der Waals surface area (Å²) >= 11 is 0. The number of esters is 1. The molecule has 0 saturated carbocycles. The van der Waals surface area contributed by atoms with Gasteiger partial charge in [0.25, 0.3) is 0 Å². The Labute approximate surface area is 152 Å². The van der Waals surface area contributed by atoms with Crippen LogP contribution in [-0.4, -0.2) is 26.7 Å². The van der Waals surface area contributed by atoms with Crippen molar-refractivity contribution in [2.24, 2.45) is 0 Å². The summed E-state index contributed by atoms with van der Waals surface area (Å²) < 4.78 is 13.1. The van der Waals surface area contributed by atoms with Gasteiger partial charge >= 0.3 is 17.4 Å². The van der Waals surface area contributed by atoms with Crippen molar-refractivity contribution in [2.75, 3.05) is 6.61 Å². The molecule has 0 spiro atoms. The normalized spacial score (nSPS) is 11.3. The van der Waals surface area contributed by atoms with Crippen molar-refractivity contribution in [3.05, 3.63) is 69.6 Å². The smallest absolute Gasteiger partial charge is 0.420 e. The van der Waals surface area contributed by atoms with Gasteiger partial charge < -0.3 is 14.1 Å². The van der Waals surface area contributed by atoms with Crippen LogP contribution < -0.4 is 11.4 Å². The van der Waals surface area contributed by atoms with Crippen LogP contribution in [0.2, 0.25) is 0 Å². The highest BCUT2D eigenvalue weighted by Crippen LogP contribution is 2.12. The number of carbonyl (C=O) groups excluding carboxylic acids is 1. The molecule has 0 aliphatic rings. The summed E-state index contributed by atoms with van der Waals surface area (Å²) in [6, 6.07) is 14.3. The van der Waals surface area contributed by atoms with Gasteiger partial charge in [0.15, 0.2) is 5.58 Å². The molecule has 2 aromatic heterocycles. The fourth-order valence-electron chi connectivity index (χ4n) is 3.08. The van der Waals surface area contributed by atoms with Gasteiger partial charge in [-0.15, -0.1) is 0 Å². The number of aromatic amines is 1. The van der Waals surface area contributed by atoms with Gasteiger partial charge in [0.2, 0.25) is 0 Å². The van der Waals surface area contributed by atoms with Crippen molar-refractivity contribution in [1.29, 1.82) is 0 Å². The number of nitrogens with zero attached hydrogens (tertiary/aromatic N) is 2. The van der Waals surface area contributed by atoms with E-state index in [4.69, 9.17) is 9.15 Å². The zero-order valence-electron chi connectivity index (χ0n) is 14.4. The lowest BCUT2D eigenvalue weighted by atomic mass is 10.3. The predicted molar refractivity (Wildman–Crippen MR) is 98.6 cm³/mol. The Bertz CT molecular complexity index is 1230. The molecule has 4 rings (SSSR count). The van der Waals surface area contributed by atoms with Gasteiger partial charge in [0.05, 0.1) is 23.2 Å². The molecule has 2 aromatic carbocycles. The Morgan fingerprint density at radius 3 is 2.59 bits per heavy atom. The minimum atomic E-state index is -0.599. The molecular formula is C19H17N3O5. The SMILES string of the molecule is O=C(Cn1c(=O)oc2ccccc21)OCCCn1c(=O)[nH]c2ccccc21. The molecule has 0 amide bonds. The van der Waals surface area contributed by atoms with Crippen LogP contribution in [0.1, 0.15) is 6.42 Å². The van der Waals surface area contributed by atoms with Crippen LogP contribution >= 0.6 is 0 Å². The quantitative estimate of drug-likeness (QED) is 0.414. The van der Waals surface area contributed by atoms with Gasteiger partial charge in [0.1, 0.15) is 6.54 Å². The first-order valence-corrected chi connectivity index (χ1v) is 8.55. The van der Waals surface area contributed by atoms with Crippen LogP contribution in [0.25, 0.3) is 22.1 Å². The molecule has 0 fully saturated rings. The molecule has 8 heteroatoms. The number of carbonyl (C=O) groups is 1. The van der Waals surface area contributed by atoms with Crippen LogP contribution in [-0.2, 0) is 22.6 Å². The first-order valence-electron chi connectivity index (χ1n) is 8.55. The number of hydrogen-bond donors (Lipinski definition) is 1. The number of imidazole rings is 1. The van der Waals surface area contributed by atoms with Gasteiger partial charge in [-0.3, -0.25) is 13.9 Å². The van der Waals surface area contributed by atoms with Crippen molar-refractivity contribution < 1.29 is 13.9 Å². The largest absolute Gasteiger partial charge is 0.464 e. The van der Waals surface area contributed by atoms with Crippen LogP contribution in [0.15, 0.2) is 62.5 Å². The van der Waals surface area contributed by atoms with Gasteiger partial charge in [-0.2, -0.15) is 0 Å². The zero-order valence-corrected chi connectivity index (χ0v) is 14.4. The third-order valence-electron chi connectivity index (χ3n) is 4.33. The summed E-state index contributed by atoms with van der Waals surface area (Å²) in [5.74, 6) is -1.13. The maximum absolute atomic E-state index is 12.0. The monoisotopic (exact) mass is 367 g/mol. The molecular weight excluding hydrogens is 350 g/mol. The summed E-state index contributed by atoms with van der Waals surface area (Å²) in [7, 11) is 0. The number of aryl methyl sites for hydroxylation is 1. The molecule has 1 N–H and O–H groups in total. The Hall–Kier alpha value is -3.55. The Balaban J connectivity index is 1.36. The number of rotatable bonds is 6. The van der Waals surface area contributed by atoms with E-state index >= 15 is 0 Å². The minimum absolute atomic E-state index is 0.148. The van der Waals surface area contributed by atoms with Gasteiger partial charge in [-0.1, -0.05) is 24.3 Å². The Kier molecular flexibility index (Phi) is 4.37. The van der Waals surface area contributed by atoms with E-state index in [-0.39, 0.29) is 18.8 Å². The Morgan fingerprint density at radius 1 is 1.00 bits per heavy atom. The van der Waals surface area contributed by atoms with Gasteiger partial charge in [-0.25, -0.2) is 9.59 Å². The van der Waals surface area contributed by atoms with Crippen molar-refractivity contribution in [3.8, 4) is 0 Å². The number of hydrogen-bond acceptors (Lipinski definition) is 5. The lowest BCUT2D eigenvalue weighted by Gasteiger charge is -2.06. The average molecular weight is 367 g/mol. The molecule has 0 unspecified atom stereocenters. The second-order valence-electron chi connectivity index (χ2n) is 6.09. The highest BCUT2D eigenvalue weighted by molar-refractivity contribution is 5.76. The number of fused-ring (bicyclic) bond motifs is 2. The van der Waals surface area contributed by atoms with Crippen molar-refractivity contribution in [1.82, 2.24) is 14.1 Å². The van der Waals surface area contributed by atoms with Crippen molar-refractivity contribution >= 4 is 28.1 Å². The number of aromatic nitrogens is 3. The molecule has 8 nitrogen and oxygen atoms in total. The van der Waals surface area contributed by atoms with Crippen LogP contribution in [0.5, 0.6) is 0 Å². The van der Waals surface area contributed by atoms with E-state index in [1.54, 1.807) is 28.8 Å². The molecule has 2 heterocycles. The number of para-hydroxylation sites is 4. The van der Waals surface area contributed by atoms with E-state index < -0.39 is 11.7 Å². The standard InChI is InChI=1S/C19H17N3O5/c23-17(12-22-15-8-3-4-9-16(15)27-19(22)25)26-11-5-10-21-14-7-2-1-6-13(14)20-18(21)24/h1-4,6-9H,5,10-12H2,(H,20,24). The van der Waals surface area contributed by atoms with E-state index in [0.29, 0.717) is 24.1 Å². The third-order valence-corrected chi connectivity index (χ3v) is 4.33. The molecule has 138 valence electrons. The predicted octanol–water partition coefficient (Wildman–Crippen LogP) is 1.87. The summed E-state index contributed by atoms with van der Waals surface area (Å²) in [5, 5.41) is 0. The lowest BCUT2D eigenvalue weighted by molar-refractivity contribution is -0.144. The maximum atomic E-state index is 12.0. The number of H-pyrrole nitrogens is 1. The fourth-order valence-corrected chi connectivity index (χ4v) is 3.08. The van der Waals surface area contributed by atoms with Crippen molar-refractivity contribution in [2.45, 2.75) is 19.5 Å². The van der Waals surface area contributed by atoms with Crippen LogP contribution in [0.4, 0.5) is 0 Å². The first kappa shape index (κ1) is 16.9. The van der Waals surface area contributed by atoms with E-state index in [1.807, 2.05) is 24.3 Å². The topological polar surface area (TPSA) is 99.2 Å². The fraction of sp³-hybridized carbons (Fsp3) is 0.211.